The number of hydrogen-bond donors (Lipinski definition) is 1. The highest BCUT2D eigenvalue weighted by atomic mass is 19.1. The van der Waals surface area contributed by atoms with Crippen molar-refractivity contribution in [1.29, 1.82) is 0 Å². The number of aliphatic hydroxyl groups excluding tert-OH is 1. The standard InChI is InChI=1S/C17H21FN2O5/c18-14-2-1-12(15(10-14)20(23)24)9-16(22)19-6-3-13(11-21)17(19)4-7-25-8-5-17/h1-2,10,13,21H,3-9,11H2. The molecule has 136 valence electrons. The molecule has 3 rings (SSSR count). The van der Waals surface area contributed by atoms with Gasteiger partial charge in [0, 0.05) is 37.8 Å². The molecule has 2 saturated heterocycles. The van der Waals surface area contributed by atoms with E-state index in [-0.39, 0.29) is 36.1 Å². The molecule has 1 amide bonds. The van der Waals surface area contributed by atoms with Gasteiger partial charge < -0.3 is 14.7 Å². The zero-order valence-corrected chi connectivity index (χ0v) is 13.8. The number of rotatable bonds is 4. The molecule has 0 aliphatic carbocycles. The number of likely N-dealkylation sites (tertiary alicyclic amines) is 1. The fourth-order valence-electron chi connectivity index (χ4n) is 4.15. The predicted octanol–water partition coefficient (Wildman–Crippen LogP) is 1.67. The average molecular weight is 352 g/mol. The fourth-order valence-corrected chi connectivity index (χ4v) is 4.15. The summed E-state index contributed by atoms with van der Waals surface area (Å²) in [6, 6.07) is 3.26. The molecular formula is C17H21FN2O5. The van der Waals surface area contributed by atoms with Crippen LogP contribution in [0.4, 0.5) is 10.1 Å². The molecule has 2 heterocycles. The Morgan fingerprint density at radius 3 is 2.80 bits per heavy atom. The summed E-state index contributed by atoms with van der Waals surface area (Å²) in [5, 5.41) is 20.8. The van der Waals surface area contributed by atoms with Crippen LogP contribution in [0.5, 0.6) is 0 Å². The maximum absolute atomic E-state index is 13.3. The van der Waals surface area contributed by atoms with Crippen molar-refractivity contribution in [3.63, 3.8) is 0 Å². The van der Waals surface area contributed by atoms with Gasteiger partial charge in [-0.05, 0) is 31.4 Å². The van der Waals surface area contributed by atoms with Crippen LogP contribution in [-0.4, -0.2) is 52.7 Å². The lowest BCUT2D eigenvalue weighted by Gasteiger charge is -2.44. The number of amides is 1. The van der Waals surface area contributed by atoms with E-state index >= 15 is 0 Å². The number of carbonyl (C=O) groups is 1. The molecule has 0 aromatic heterocycles. The van der Waals surface area contributed by atoms with Gasteiger partial charge in [-0.3, -0.25) is 14.9 Å². The first kappa shape index (κ1) is 17.8. The summed E-state index contributed by atoms with van der Waals surface area (Å²) < 4.78 is 18.7. The summed E-state index contributed by atoms with van der Waals surface area (Å²) in [5.74, 6) is -0.943. The lowest BCUT2D eigenvalue weighted by atomic mass is 9.78. The highest BCUT2D eigenvalue weighted by Gasteiger charge is 2.50. The second kappa shape index (κ2) is 7.05. The lowest BCUT2D eigenvalue weighted by Crippen LogP contribution is -2.55. The van der Waals surface area contributed by atoms with E-state index in [0.717, 1.165) is 12.1 Å². The number of nitrogens with zero attached hydrogens (tertiary/aromatic N) is 2. The topological polar surface area (TPSA) is 92.9 Å². The van der Waals surface area contributed by atoms with Crippen molar-refractivity contribution in [2.45, 2.75) is 31.2 Å². The second-order valence-electron chi connectivity index (χ2n) is 6.64. The van der Waals surface area contributed by atoms with Gasteiger partial charge in [0.05, 0.1) is 22.9 Å². The van der Waals surface area contributed by atoms with Crippen molar-refractivity contribution in [1.82, 2.24) is 4.90 Å². The monoisotopic (exact) mass is 352 g/mol. The highest BCUT2D eigenvalue weighted by molar-refractivity contribution is 5.81. The third kappa shape index (κ3) is 3.23. The van der Waals surface area contributed by atoms with Gasteiger partial charge in [0.1, 0.15) is 5.82 Å². The Kier molecular flexibility index (Phi) is 5.01. The van der Waals surface area contributed by atoms with Crippen LogP contribution in [0, 0.1) is 21.8 Å². The Balaban J connectivity index is 1.85. The number of halogens is 1. The van der Waals surface area contributed by atoms with Gasteiger partial charge in [0.2, 0.25) is 5.91 Å². The maximum Gasteiger partial charge on any atom is 0.276 e. The van der Waals surface area contributed by atoms with Crippen LogP contribution >= 0.6 is 0 Å². The van der Waals surface area contributed by atoms with Gasteiger partial charge in [0.25, 0.3) is 5.69 Å². The van der Waals surface area contributed by atoms with E-state index in [0.29, 0.717) is 39.0 Å². The van der Waals surface area contributed by atoms with Gasteiger partial charge in [0.15, 0.2) is 0 Å². The average Bonchev–Trinajstić information content (AvgIpc) is 2.94. The minimum atomic E-state index is -0.703. The number of nitro groups is 1. The van der Waals surface area contributed by atoms with E-state index in [1.165, 1.54) is 6.07 Å². The third-order valence-corrected chi connectivity index (χ3v) is 5.46. The maximum atomic E-state index is 13.3. The van der Waals surface area contributed by atoms with Crippen LogP contribution in [0.15, 0.2) is 18.2 Å². The van der Waals surface area contributed by atoms with E-state index in [4.69, 9.17) is 4.74 Å². The SMILES string of the molecule is O=C(Cc1ccc(F)cc1[N+](=O)[O-])N1CCC(CO)C12CCOCC2. The Hall–Kier alpha value is -2.06. The van der Waals surface area contributed by atoms with Crippen molar-refractivity contribution in [3.8, 4) is 0 Å². The summed E-state index contributed by atoms with van der Waals surface area (Å²) in [6.07, 6.45) is 1.84. The summed E-state index contributed by atoms with van der Waals surface area (Å²) in [5.41, 5.74) is -0.628. The third-order valence-electron chi connectivity index (χ3n) is 5.46. The molecule has 2 fully saturated rings. The zero-order valence-electron chi connectivity index (χ0n) is 13.8. The molecule has 1 atom stereocenters. The molecular weight excluding hydrogens is 331 g/mol. The van der Waals surface area contributed by atoms with Crippen LogP contribution in [-0.2, 0) is 16.0 Å². The summed E-state index contributed by atoms with van der Waals surface area (Å²) >= 11 is 0. The van der Waals surface area contributed by atoms with Gasteiger partial charge >= 0.3 is 0 Å². The first-order valence-electron chi connectivity index (χ1n) is 8.40. The van der Waals surface area contributed by atoms with Gasteiger partial charge in [-0.1, -0.05) is 0 Å². The molecule has 2 aliphatic rings. The fraction of sp³-hybridized carbons (Fsp3) is 0.588. The molecule has 1 aromatic rings. The van der Waals surface area contributed by atoms with Crippen LogP contribution in [0.25, 0.3) is 0 Å². The molecule has 1 spiro atoms. The van der Waals surface area contributed by atoms with Gasteiger partial charge in [-0.25, -0.2) is 4.39 Å². The number of benzene rings is 1. The molecule has 1 unspecified atom stereocenters. The minimum absolute atomic E-state index is 0.000472. The van der Waals surface area contributed by atoms with E-state index in [1.54, 1.807) is 4.90 Å². The first-order valence-corrected chi connectivity index (χ1v) is 8.40. The molecule has 8 heteroatoms. The number of nitro benzene ring substituents is 1. The van der Waals surface area contributed by atoms with Crippen molar-refractivity contribution < 1.29 is 24.0 Å². The van der Waals surface area contributed by atoms with Crippen molar-refractivity contribution >= 4 is 11.6 Å². The molecule has 1 N–H and O–H groups in total. The van der Waals surface area contributed by atoms with Crippen molar-refractivity contribution in [2.24, 2.45) is 5.92 Å². The largest absolute Gasteiger partial charge is 0.396 e. The molecule has 7 nitrogen and oxygen atoms in total. The molecule has 25 heavy (non-hydrogen) atoms. The van der Waals surface area contributed by atoms with Gasteiger partial charge in [-0.2, -0.15) is 0 Å². The summed E-state index contributed by atoms with van der Waals surface area (Å²) in [4.78, 5) is 25.1. The minimum Gasteiger partial charge on any atom is -0.396 e. The number of carbonyl (C=O) groups excluding carboxylic acids is 1. The Morgan fingerprint density at radius 2 is 2.16 bits per heavy atom. The predicted molar refractivity (Wildman–Crippen MR) is 86.4 cm³/mol. The Morgan fingerprint density at radius 1 is 1.44 bits per heavy atom. The summed E-state index contributed by atoms with van der Waals surface area (Å²) in [7, 11) is 0. The summed E-state index contributed by atoms with van der Waals surface area (Å²) in [6.45, 7) is 1.56. The number of hydrogen-bond acceptors (Lipinski definition) is 5. The van der Waals surface area contributed by atoms with E-state index in [2.05, 4.69) is 0 Å². The van der Waals surface area contributed by atoms with Crippen LogP contribution < -0.4 is 0 Å². The second-order valence-corrected chi connectivity index (χ2v) is 6.64. The molecule has 1 aromatic carbocycles. The molecule has 0 bridgehead atoms. The normalized spacial score (nSPS) is 22.3. The van der Waals surface area contributed by atoms with E-state index in [9.17, 15) is 24.4 Å². The first-order chi connectivity index (χ1) is 12.0. The molecule has 2 aliphatic heterocycles. The lowest BCUT2D eigenvalue weighted by molar-refractivity contribution is -0.385. The smallest absolute Gasteiger partial charge is 0.276 e. The Bertz CT molecular complexity index is 675. The van der Waals surface area contributed by atoms with Crippen molar-refractivity contribution in [2.75, 3.05) is 26.4 Å². The van der Waals surface area contributed by atoms with E-state index < -0.39 is 16.3 Å². The zero-order chi connectivity index (χ0) is 18.0. The van der Waals surface area contributed by atoms with Gasteiger partial charge in [-0.15, -0.1) is 0 Å². The molecule has 0 saturated carbocycles. The van der Waals surface area contributed by atoms with Crippen molar-refractivity contribution in [3.05, 3.63) is 39.7 Å². The van der Waals surface area contributed by atoms with E-state index in [1.807, 2.05) is 0 Å². The van der Waals surface area contributed by atoms with Crippen LogP contribution in [0.3, 0.4) is 0 Å². The number of aliphatic hydroxyl groups is 1. The Labute approximate surface area is 144 Å². The molecule has 0 radical (unpaired) electrons. The quantitative estimate of drug-likeness (QED) is 0.657. The van der Waals surface area contributed by atoms with Crippen LogP contribution in [0.1, 0.15) is 24.8 Å². The number of ether oxygens (including phenoxy) is 1. The van der Waals surface area contributed by atoms with Crippen LogP contribution in [0.2, 0.25) is 0 Å². The highest BCUT2D eigenvalue weighted by Crippen LogP contribution is 2.42.